The van der Waals surface area contributed by atoms with Crippen LogP contribution in [-0.2, 0) is 10.1 Å². The van der Waals surface area contributed by atoms with E-state index in [1.165, 1.54) is 30.3 Å². The fraction of sp³-hybridized carbons (Fsp3) is 0. The van der Waals surface area contributed by atoms with Crippen LogP contribution in [0, 0.1) is 0 Å². The maximum absolute atomic E-state index is 11.5. The Morgan fingerprint density at radius 1 is 0.905 bits per heavy atom. The Bertz CT molecular complexity index is 775. The van der Waals surface area contributed by atoms with E-state index < -0.39 is 16.1 Å². The minimum Gasteiger partial charge on any atom is -0.478 e. The van der Waals surface area contributed by atoms with Crippen molar-refractivity contribution >= 4 is 27.1 Å². The molecule has 2 rings (SSSR count). The number of aromatic carboxylic acids is 1. The lowest BCUT2D eigenvalue weighted by molar-refractivity contribution is 0.0697. The van der Waals surface area contributed by atoms with Crippen LogP contribution < -0.4 is 0 Å². The van der Waals surface area contributed by atoms with E-state index in [0.717, 1.165) is 0 Å². The molecule has 2 N–H and O–H groups in total. The van der Waals surface area contributed by atoms with Gasteiger partial charge in [-0.3, -0.25) is 4.55 Å². The Hall–Kier alpha value is -2.44. The lowest BCUT2D eigenvalue weighted by atomic mass is 10.1. The van der Waals surface area contributed by atoms with E-state index >= 15 is 0 Å². The van der Waals surface area contributed by atoms with Gasteiger partial charge < -0.3 is 5.11 Å². The monoisotopic (exact) mass is 304 g/mol. The molecule has 0 spiro atoms. The van der Waals surface area contributed by atoms with Crippen molar-refractivity contribution in [2.24, 2.45) is 0 Å². The highest BCUT2D eigenvalue weighted by atomic mass is 32.2. The van der Waals surface area contributed by atoms with Gasteiger partial charge in [0.15, 0.2) is 0 Å². The van der Waals surface area contributed by atoms with Gasteiger partial charge in [-0.25, -0.2) is 4.79 Å². The Morgan fingerprint density at radius 2 is 1.48 bits per heavy atom. The number of carbonyl (C=O) groups is 1. The standard InChI is InChI=1S/C15H12O5S/c16-15(17)13-8-6-11(7-9-13)10-14(21(18,19)20)12-4-2-1-3-5-12/h1-10H,(H,16,17)(H,18,19,20). The molecule has 0 aromatic heterocycles. The van der Waals surface area contributed by atoms with E-state index in [-0.39, 0.29) is 10.5 Å². The first-order chi connectivity index (χ1) is 9.88. The molecule has 0 aliphatic heterocycles. The highest BCUT2D eigenvalue weighted by Crippen LogP contribution is 2.23. The molecule has 0 saturated heterocycles. The van der Waals surface area contributed by atoms with Crippen LogP contribution >= 0.6 is 0 Å². The second-order valence-electron chi connectivity index (χ2n) is 4.28. The predicted molar refractivity (Wildman–Crippen MR) is 79.3 cm³/mol. The number of carboxylic acids is 1. The van der Waals surface area contributed by atoms with Gasteiger partial charge in [-0.15, -0.1) is 0 Å². The molecule has 108 valence electrons. The zero-order valence-electron chi connectivity index (χ0n) is 10.8. The first-order valence-corrected chi connectivity index (χ1v) is 7.40. The largest absolute Gasteiger partial charge is 0.478 e. The lowest BCUT2D eigenvalue weighted by Gasteiger charge is -2.05. The Balaban J connectivity index is 2.49. The Labute approximate surface area is 121 Å². The summed E-state index contributed by atoms with van der Waals surface area (Å²) in [5.41, 5.74) is 0.916. The average Bonchev–Trinajstić information content (AvgIpc) is 2.45. The fourth-order valence-corrected chi connectivity index (χ4v) is 2.50. The first kappa shape index (κ1) is 15.0. The van der Waals surface area contributed by atoms with Gasteiger partial charge in [0.2, 0.25) is 0 Å². The van der Waals surface area contributed by atoms with Crippen molar-refractivity contribution in [1.29, 1.82) is 0 Å². The molecule has 0 bridgehead atoms. The van der Waals surface area contributed by atoms with Crippen molar-refractivity contribution < 1.29 is 22.9 Å². The molecule has 0 aliphatic rings. The second kappa shape index (κ2) is 5.90. The second-order valence-corrected chi connectivity index (χ2v) is 5.67. The summed E-state index contributed by atoms with van der Waals surface area (Å²) >= 11 is 0. The van der Waals surface area contributed by atoms with Crippen molar-refractivity contribution in [3.05, 3.63) is 71.3 Å². The molecule has 0 amide bonds. The molecule has 21 heavy (non-hydrogen) atoms. The molecule has 0 fully saturated rings. The molecule has 0 radical (unpaired) electrons. The van der Waals surface area contributed by atoms with Crippen molar-refractivity contribution in [1.82, 2.24) is 0 Å². The molecule has 0 heterocycles. The summed E-state index contributed by atoms with van der Waals surface area (Å²) in [6.45, 7) is 0. The normalized spacial score (nSPS) is 12.1. The third kappa shape index (κ3) is 3.77. The first-order valence-electron chi connectivity index (χ1n) is 5.96. The van der Waals surface area contributed by atoms with Crippen LogP contribution in [0.25, 0.3) is 11.0 Å². The highest BCUT2D eigenvalue weighted by molar-refractivity contribution is 7.95. The van der Waals surface area contributed by atoms with Crippen LogP contribution in [0.4, 0.5) is 0 Å². The number of benzene rings is 2. The van der Waals surface area contributed by atoms with Gasteiger partial charge in [0, 0.05) is 0 Å². The molecule has 0 unspecified atom stereocenters. The summed E-state index contributed by atoms with van der Waals surface area (Å²) in [5, 5.41) is 8.81. The molecule has 6 heteroatoms. The van der Waals surface area contributed by atoms with Crippen LogP contribution in [0.1, 0.15) is 21.5 Å². The van der Waals surface area contributed by atoms with Crippen LogP contribution in [0.2, 0.25) is 0 Å². The van der Waals surface area contributed by atoms with Gasteiger partial charge in [0.25, 0.3) is 10.1 Å². The summed E-state index contributed by atoms with van der Waals surface area (Å²) in [7, 11) is -4.40. The van der Waals surface area contributed by atoms with Gasteiger partial charge in [0.1, 0.15) is 4.91 Å². The summed E-state index contributed by atoms with van der Waals surface area (Å²) in [6.07, 6.45) is 1.29. The molecule has 5 nitrogen and oxygen atoms in total. The Kier molecular flexibility index (Phi) is 4.21. The molecular formula is C15H12O5S. The molecule has 2 aromatic rings. The Morgan fingerprint density at radius 3 is 1.95 bits per heavy atom. The van der Waals surface area contributed by atoms with E-state index in [9.17, 15) is 17.8 Å². The average molecular weight is 304 g/mol. The minimum absolute atomic E-state index is 0.0975. The maximum Gasteiger partial charge on any atom is 0.335 e. The summed E-state index contributed by atoms with van der Waals surface area (Å²) in [6, 6.07) is 13.8. The van der Waals surface area contributed by atoms with Gasteiger partial charge in [-0.2, -0.15) is 8.42 Å². The van der Waals surface area contributed by atoms with Crippen LogP contribution in [0.15, 0.2) is 54.6 Å². The van der Waals surface area contributed by atoms with Gasteiger partial charge >= 0.3 is 5.97 Å². The minimum atomic E-state index is -4.40. The number of carboxylic acid groups (broad SMARTS) is 1. The summed E-state index contributed by atoms with van der Waals surface area (Å²) in [5.74, 6) is -1.07. The summed E-state index contributed by atoms with van der Waals surface area (Å²) in [4.78, 5) is 10.5. The molecular weight excluding hydrogens is 292 g/mol. The SMILES string of the molecule is O=C(O)c1ccc(C=C(c2ccccc2)S(=O)(=O)O)cc1. The van der Waals surface area contributed by atoms with Crippen molar-refractivity contribution in [2.75, 3.05) is 0 Å². The van der Waals surface area contributed by atoms with Crippen LogP contribution in [-0.4, -0.2) is 24.0 Å². The number of hydrogen-bond acceptors (Lipinski definition) is 3. The fourth-order valence-electron chi connectivity index (χ4n) is 1.78. The van der Waals surface area contributed by atoms with E-state index in [1.807, 2.05) is 0 Å². The molecule has 0 aliphatic carbocycles. The number of hydrogen-bond donors (Lipinski definition) is 2. The number of rotatable bonds is 4. The van der Waals surface area contributed by atoms with Crippen molar-refractivity contribution in [2.45, 2.75) is 0 Å². The lowest BCUT2D eigenvalue weighted by Crippen LogP contribution is -2.01. The maximum atomic E-state index is 11.5. The van der Waals surface area contributed by atoms with Crippen molar-refractivity contribution in [3.63, 3.8) is 0 Å². The van der Waals surface area contributed by atoms with E-state index in [1.54, 1.807) is 30.3 Å². The van der Waals surface area contributed by atoms with Gasteiger partial charge in [-0.1, -0.05) is 42.5 Å². The van der Waals surface area contributed by atoms with Gasteiger partial charge in [0.05, 0.1) is 5.56 Å². The topological polar surface area (TPSA) is 91.7 Å². The zero-order valence-corrected chi connectivity index (χ0v) is 11.6. The van der Waals surface area contributed by atoms with Gasteiger partial charge in [-0.05, 0) is 29.3 Å². The summed E-state index contributed by atoms with van der Waals surface area (Å²) < 4.78 is 32.4. The van der Waals surface area contributed by atoms with Crippen LogP contribution in [0.5, 0.6) is 0 Å². The zero-order chi connectivity index (χ0) is 15.5. The quantitative estimate of drug-likeness (QED) is 0.669. The molecule has 0 saturated carbocycles. The third-order valence-corrected chi connectivity index (χ3v) is 3.70. The van der Waals surface area contributed by atoms with E-state index in [4.69, 9.17) is 5.11 Å². The molecule has 2 aromatic carbocycles. The van der Waals surface area contributed by atoms with Crippen molar-refractivity contribution in [3.8, 4) is 0 Å². The third-order valence-electron chi connectivity index (χ3n) is 2.79. The smallest absolute Gasteiger partial charge is 0.335 e. The molecule has 0 atom stereocenters. The van der Waals surface area contributed by atoms with E-state index in [2.05, 4.69) is 0 Å². The van der Waals surface area contributed by atoms with Crippen LogP contribution in [0.3, 0.4) is 0 Å². The predicted octanol–water partition coefficient (Wildman–Crippen LogP) is 2.77. The van der Waals surface area contributed by atoms with E-state index in [0.29, 0.717) is 11.1 Å². The highest BCUT2D eigenvalue weighted by Gasteiger charge is 2.16.